The number of anilines is 1. The van der Waals surface area contributed by atoms with Gasteiger partial charge in [0.2, 0.25) is 0 Å². The summed E-state index contributed by atoms with van der Waals surface area (Å²) in [5.41, 5.74) is 0.655. The van der Waals surface area contributed by atoms with Crippen molar-refractivity contribution in [2.75, 3.05) is 11.9 Å². The molecule has 9 heteroatoms. The van der Waals surface area contributed by atoms with Crippen LogP contribution in [0.1, 0.15) is 15.9 Å². The molecule has 0 radical (unpaired) electrons. The van der Waals surface area contributed by atoms with Gasteiger partial charge in [-0.05, 0) is 37.3 Å². The number of nitrogens with one attached hydrogen (secondary N) is 1. The zero-order valence-electron chi connectivity index (χ0n) is 12.9. The van der Waals surface area contributed by atoms with Gasteiger partial charge in [0.25, 0.3) is 11.6 Å². The normalized spacial score (nSPS) is 10.2. The number of amides is 1. The summed E-state index contributed by atoms with van der Waals surface area (Å²) >= 11 is 11.7. The number of ether oxygens (including phenoxy) is 1. The lowest BCUT2D eigenvalue weighted by atomic mass is 10.1. The summed E-state index contributed by atoms with van der Waals surface area (Å²) < 4.78 is 4.89. The van der Waals surface area contributed by atoms with Gasteiger partial charge in [0, 0.05) is 16.7 Å². The molecule has 2 rings (SSSR count). The van der Waals surface area contributed by atoms with Crippen molar-refractivity contribution in [3.8, 4) is 0 Å². The van der Waals surface area contributed by atoms with Crippen LogP contribution in [0.5, 0.6) is 0 Å². The van der Waals surface area contributed by atoms with Crippen LogP contribution in [0.4, 0.5) is 11.4 Å². The number of carbonyl (C=O) groups is 2. The monoisotopic (exact) mass is 382 g/mol. The molecule has 0 aliphatic carbocycles. The molecule has 0 spiro atoms. The van der Waals surface area contributed by atoms with Crippen LogP contribution < -0.4 is 5.32 Å². The Labute approximate surface area is 152 Å². The van der Waals surface area contributed by atoms with E-state index < -0.39 is 23.4 Å². The highest BCUT2D eigenvalue weighted by atomic mass is 35.5. The maximum absolute atomic E-state index is 11.9. The molecule has 0 atom stereocenters. The number of nitro groups is 1. The lowest BCUT2D eigenvalue weighted by Gasteiger charge is -2.08. The van der Waals surface area contributed by atoms with Crippen molar-refractivity contribution in [3.05, 3.63) is 67.7 Å². The SMILES string of the molecule is Cc1cc(C(=O)OCC(=O)Nc2ccc(Cl)cc2Cl)ccc1[N+](=O)[O-]. The van der Waals surface area contributed by atoms with Gasteiger partial charge in [-0.1, -0.05) is 23.2 Å². The van der Waals surface area contributed by atoms with Gasteiger partial charge < -0.3 is 10.1 Å². The molecule has 25 heavy (non-hydrogen) atoms. The summed E-state index contributed by atoms with van der Waals surface area (Å²) in [4.78, 5) is 34.0. The van der Waals surface area contributed by atoms with E-state index in [9.17, 15) is 19.7 Å². The first-order valence-corrected chi connectivity index (χ1v) is 7.70. The van der Waals surface area contributed by atoms with Gasteiger partial charge in [-0.2, -0.15) is 0 Å². The molecule has 1 N–H and O–H groups in total. The van der Waals surface area contributed by atoms with Gasteiger partial charge in [-0.15, -0.1) is 0 Å². The third-order valence-corrected chi connectivity index (χ3v) is 3.72. The number of carbonyl (C=O) groups excluding carboxylic acids is 2. The number of esters is 1. The molecule has 0 aliphatic rings. The van der Waals surface area contributed by atoms with E-state index in [2.05, 4.69) is 5.32 Å². The lowest BCUT2D eigenvalue weighted by Crippen LogP contribution is -2.21. The molecule has 1 amide bonds. The average Bonchev–Trinajstić information content (AvgIpc) is 2.54. The molecular weight excluding hydrogens is 371 g/mol. The minimum Gasteiger partial charge on any atom is -0.452 e. The minimum atomic E-state index is -0.768. The summed E-state index contributed by atoms with van der Waals surface area (Å²) in [5.74, 6) is -1.36. The fourth-order valence-electron chi connectivity index (χ4n) is 1.98. The second-order valence-electron chi connectivity index (χ2n) is 5.01. The molecule has 0 aliphatic heterocycles. The first kappa shape index (κ1) is 18.7. The maximum Gasteiger partial charge on any atom is 0.338 e. The largest absolute Gasteiger partial charge is 0.452 e. The molecule has 7 nitrogen and oxygen atoms in total. The molecule has 0 unspecified atom stereocenters. The molecular formula is C16H12Cl2N2O5. The van der Waals surface area contributed by atoms with Crippen molar-refractivity contribution in [3.63, 3.8) is 0 Å². The lowest BCUT2D eigenvalue weighted by molar-refractivity contribution is -0.385. The van der Waals surface area contributed by atoms with Crippen LogP contribution in [-0.4, -0.2) is 23.4 Å². The highest BCUT2D eigenvalue weighted by molar-refractivity contribution is 6.36. The van der Waals surface area contributed by atoms with Crippen LogP contribution in [0.3, 0.4) is 0 Å². The number of nitrogens with zero attached hydrogens (tertiary/aromatic N) is 1. The summed E-state index contributed by atoms with van der Waals surface area (Å²) in [6.45, 7) is 0.970. The van der Waals surface area contributed by atoms with Crippen molar-refractivity contribution in [1.29, 1.82) is 0 Å². The van der Waals surface area contributed by atoms with Gasteiger partial charge in [0.15, 0.2) is 6.61 Å². The van der Waals surface area contributed by atoms with Crippen LogP contribution in [0.2, 0.25) is 10.0 Å². The Morgan fingerprint density at radius 1 is 1.20 bits per heavy atom. The summed E-state index contributed by atoms with van der Waals surface area (Å²) in [7, 11) is 0. The van der Waals surface area contributed by atoms with Gasteiger partial charge >= 0.3 is 5.97 Å². The number of halogens is 2. The quantitative estimate of drug-likeness (QED) is 0.478. The average molecular weight is 383 g/mol. The van der Waals surface area contributed by atoms with Crippen LogP contribution in [0.25, 0.3) is 0 Å². The highest BCUT2D eigenvalue weighted by Gasteiger charge is 2.16. The first-order chi connectivity index (χ1) is 11.8. The molecule has 2 aromatic rings. The molecule has 0 fully saturated rings. The molecule has 0 saturated heterocycles. The van der Waals surface area contributed by atoms with Crippen LogP contribution in [0.15, 0.2) is 36.4 Å². The van der Waals surface area contributed by atoms with E-state index in [4.69, 9.17) is 27.9 Å². The van der Waals surface area contributed by atoms with Crippen molar-refractivity contribution < 1.29 is 19.2 Å². The fourth-order valence-corrected chi connectivity index (χ4v) is 2.43. The Bertz CT molecular complexity index is 854. The minimum absolute atomic E-state index is 0.105. The van der Waals surface area contributed by atoms with E-state index in [-0.39, 0.29) is 16.3 Å². The Morgan fingerprint density at radius 3 is 2.52 bits per heavy atom. The van der Waals surface area contributed by atoms with Crippen LogP contribution >= 0.6 is 23.2 Å². The van der Waals surface area contributed by atoms with Gasteiger partial charge in [0.05, 0.1) is 21.2 Å². The molecule has 2 aromatic carbocycles. The third kappa shape index (κ3) is 4.91. The number of aryl methyl sites for hydroxylation is 1. The zero-order valence-corrected chi connectivity index (χ0v) is 14.4. The smallest absolute Gasteiger partial charge is 0.338 e. The third-order valence-electron chi connectivity index (χ3n) is 3.17. The van der Waals surface area contributed by atoms with Gasteiger partial charge in [-0.25, -0.2) is 4.79 Å². The number of nitro benzene ring substituents is 1. The zero-order chi connectivity index (χ0) is 18.6. The van der Waals surface area contributed by atoms with Crippen LogP contribution in [-0.2, 0) is 9.53 Å². The molecule has 0 heterocycles. The van der Waals surface area contributed by atoms with Crippen LogP contribution in [0, 0.1) is 17.0 Å². The van der Waals surface area contributed by atoms with Crippen molar-refractivity contribution in [1.82, 2.24) is 0 Å². The topological polar surface area (TPSA) is 98.5 Å². The summed E-state index contributed by atoms with van der Waals surface area (Å²) in [6.07, 6.45) is 0. The molecule has 0 saturated carbocycles. The van der Waals surface area contributed by atoms with E-state index in [1.807, 2.05) is 0 Å². The number of benzene rings is 2. The number of hydrogen-bond donors (Lipinski definition) is 1. The fraction of sp³-hybridized carbons (Fsp3) is 0.125. The second kappa shape index (κ2) is 7.96. The van der Waals surface area contributed by atoms with E-state index in [0.29, 0.717) is 16.3 Å². The molecule has 0 aromatic heterocycles. The standard InChI is InChI=1S/C16H12Cl2N2O5/c1-9-6-10(2-5-14(9)20(23)24)16(22)25-8-15(21)19-13-4-3-11(17)7-12(13)18/h2-7H,8H2,1H3,(H,19,21). The second-order valence-corrected chi connectivity index (χ2v) is 5.85. The van der Waals surface area contributed by atoms with E-state index in [1.165, 1.54) is 37.3 Å². The van der Waals surface area contributed by atoms with Gasteiger partial charge in [-0.3, -0.25) is 14.9 Å². The van der Waals surface area contributed by atoms with E-state index >= 15 is 0 Å². The Kier molecular flexibility index (Phi) is 5.95. The summed E-state index contributed by atoms with van der Waals surface area (Å²) in [5, 5.41) is 13.9. The Balaban J connectivity index is 1.96. The maximum atomic E-state index is 11.9. The predicted molar refractivity (Wildman–Crippen MR) is 93.2 cm³/mol. The number of hydrogen-bond acceptors (Lipinski definition) is 5. The summed E-state index contributed by atoms with van der Waals surface area (Å²) in [6, 6.07) is 8.33. The first-order valence-electron chi connectivity index (χ1n) is 6.95. The van der Waals surface area contributed by atoms with E-state index in [1.54, 1.807) is 6.07 Å². The predicted octanol–water partition coefficient (Wildman–Crippen LogP) is 4.01. The van der Waals surface area contributed by atoms with Crippen molar-refractivity contribution >= 4 is 46.5 Å². The Morgan fingerprint density at radius 2 is 1.92 bits per heavy atom. The highest BCUT2D eigenvalue weighted by Crippen LogP contribution is 2.25. The van der Waals surface area contributed by atoms with E-state index in [0.717, 1.165) is 0 Å². The molecule has 130 valence electrons. The Hall–Kier alpha value is -2.64. The van der Waals surface area contributed by atoms with Gasteiger partial charge in [0.1, 0.15) is 0 Å². The van der Waals surface area contributed by atoms with Crippen molar-refractivity contribution in [2.24, 2.45) is 0 Å². The molecule has 0 bridgehead atoms. The van der Waals surface area contributed by atoms with Crippen molar-refractivity contribution in [2.45, 2.75) is 6.92 Å². The number of rotatable bonds is 5.